The van der Waals surface area contributed by atoms with E-state index >= 15 is 0 Å². The Morgan fingerprint density at radius 2 is 2.08 bits per heavy atom. The van der Waals surface area contributed by atoms with Crippen LogP contribution in [0.25, 0.3) is 0 Å². The van der Waals surface area contributed by atoms with Crippen molar-refractivity contribution in [3.63, 3.8) is 0 Å². The molecule has 0 radical (unpaired) electrons. The molecule has 3 heterocycles. The fourth-order valence-corrected chi connectivity index (χ4v) is 4.18. The number of anilines is 1. The summed E-state index contributed by atoms with van der Waals surface area (Å²) >= 11 is 1.61. The van der Waals surface area contributed by atoms with Crippen LogP contribution in [-0.4, -0.2) is 55.9 Å². The predicted molar refractivity (Wildman–Crippen MR) is 102 cm³/mol. The van der Waals surface area contributed by atoms with Crippen molar-refractivity contribution in [2.75, 3.05) is 50.2 Å². The molecule has 1 aromatic heterocycles. The van der Waals surface area contributed by atoms with Crippen molar-refractivity contribution in [3.05, 3.63) is 16.7 Å². The molecule has 1 saturated heterocycles. The van der Waals surface area contributed by atoms with E-state index in [1.807, 2.05) is 6.92 Å². The lowest BCUT2D eigenvalue weighted by atomic mass is 9.89. The zero-order chi connectivity index (χ0) is 18.6. The topological polar surface area (TPSA) is 67.6 Å². The number of ether oxygens (including phenoxy) is 3. The molecule has 2 aliphatic heterocycles. The van der Waals surface area contributed by atoms with Crippen molar-refractivity contribution in [2.45, 2.75) is 44.4 Å². The first-order valence-electron chi connectivity index (χ1n) is 9.18. The van der Waals surface area contributed by atoms with Gasteiger partial charge in [0.15, 0.2) is 0 Å². The van der Waals surface area contributed by atoms with Gasteiger partial charge in [0.25, 0.3) is 0 Å². The molecule has 142 valence electrons. The molecule has 0 spiro atoms. The molecule has 0 saturated carbocycles. The van der Waals surface area contributed by atoms with Gasteiger partial charge in [-0.15, -0.1) is 11.8 Å². The monoisotopic (exact) mass is 377 g/mol. The third-order valence-electron chi connectivity index (χ3n) is 4.66. The van der Waals surface area contributed by atoms with Gasteiger partial charge in [-0.25, -0.2) is 4.98 Å². The van der Waals surface area contributed by atoms with Crippen LogP contribution >= 0.6 is 11.8 Å². The summed E-state index contributed by atoms with van der Waals surface area (Å²) in [4.78, 5) is 7.16. The van der Waals surface area contributed by atoms with Crippen LogP contribution in [-0.2, 0) is 27.2 Å². The number of hydrogen-bond acceptors (Lipinski definition) is 7. The number of nitrogens with zero attached hydrogens (tertiary/aromatic N) is 3. The molecule has 1 aromatic rings. The lowest BCUT2D eigenvalue weighted by Crippen LogP contribution is -2.39. The van der Waals surface area contributed by atoms with Crippen LogP contribution in [0.4, 0.5) is 5.82 Å². The van der Waals surface area contributed by atoms with E-state index in [0.29, 0.717) is 38.6 Å². The molecular weight excluding hydrogens is 350 g/mol. The van der Waals surface area contributed by atoms with Crippen LogP contribution in [0.3, 0.4) is 0 Å². The summed E-state index contributed by atoms with van der Waals surface area (Å²) in [7, 11) is 0. The van der Waals surface area contributed by atoms with Gasteiger partial charge in [-0.2, -0.15) is 5.26 Å². The van der Waals surface area contributed by atoms with Crippen LogP contribution in [0.2, 0.25) is 0 Å². The molecule has 26 heavy (non-hydrogen) atoms. The fourth-order valence-electron chi connectivity index (χ4n) is 3.32. The van der Waals surface area contributed by atoms with Gasteiger partial charge >= 0.3 is 0 Å². The summed E-state index contributed by atoms with van der Waals surface area (Å²) < 4.78 is 17.0. The summed E-state index contributed by atoms with van der Waals surface area (Å²) in [5.74, 6) is 1.74. The average Bonchev–Trinajstić information content (AvgIpc) is 2.64. The molecule has 7 heteroatoms. The van der Waals surface area contributed by atoms with Crippen LogP contribution in [0.1, 0.15) is 37.5 Å². The average molecular weight is 378 g/mol. The largest absolute Gasteiger partial charge is 0.381 e. The molecule has 0 atom stereocenters. The van der Waals surface area contributed by atoms with Crippen LogP contribution in [0.5, 0.6) is 0 Å². The summed E-state index contributed by atoms with van der Waals surface area (Å²) in [6.45, 7) is 11.0. The molecular formula is C19H27N3O3S. The Morgan fingerprint density at radius 1 is 1.31 bits per heavy atom. The molecule has 0 aromatic carbocycles. The van der Waals surface area contributed by atoms with E-state index in [1.165, 1.54) is 0 Å². The van der Waals surface area contributed by atoms with Gasteiger partial charge in [0.1, 0.15) is 16.9 Å². The highest BCUT2D eigenvalue weighted by Crippen LogP contribution is 2.38. The Kier molecular flexibility index (Phi) is 6.41. The molecule has 0 amide bonds. The highest BCUT2D eigenvalue weighted by Gasteiger charge is 2.33. The van der Waals surface area contributed by atoms with Gasteiger partial charge in [0.05, 0.1) is 37.6 Å². The zero-order valence-corrected chi connectivity index (χ0v) is 16.7. The van der Waals surface area contributed by atoms with Crippen molar-refractivity contribution < 1.29 is 14.2 Å². The second-order valence-corrected chi connectivity index (χ2v) is 8.14. The van der Waals surface area contributed by atoms with E-state index in [2.05, 4.69) is 24.8 Å². The Bertz CT molecular complexity index is 682. The first-order chi connectivity index (χ1) is 12.6. The van der Waals surface area contributed by atoms with Crippen molar-refractivity contribution >= 4 is 17.6 Å². The van der Waals surface area contributed by atoms with Crippen molar-refractivity contribution in [1.29, 1.82) is 5.26 Å². The number of morpholine rings is 1. The van der Waals surface area contributed by atoms with E-state index in [0.717, 1.165) is 47.2 Å². The number of thioether (sulfide) groups is 1. The number of pyridine rings is 1. The van der Waals surface area contributed by atoms with Gasteiger partial charge in [0.2, 0.25) is 0 Å². The first kappa shape index (κ1) is 19.4. The zero-order valence-electron chi connectivity index (χ0n) is 15.8. The van der Waals surface area contributed by atoms with Crippen LogP contribution in [0, 0.1) is 11.3 Å². The number of rotatable bonds is 6. The summed E-state index contributed by atoms with van der Waals surface area (Å²) in [6, 6.07) is 2.41. The summed E-state index contributed by atoms with van der Waals surface area (Å²) in [6.07, 6.45) is 0.726. The number of nitriles is 1. The minimum atomic E-state index is -0.268. The van der Waals surface area contributed by atoms with Gasteiger partial charge in [-0.1, -0.05) is 0 Å². The van der Waals surface area contributed by atoms with E-state index in [9.17, 15) is 5.26 Å². The van der Waals surface area contributed by atoms with Crippen LogP contribution in [0.15, 0.2) is 5.03 Å². The first-order valence-corrected chi connectivity index (χ1v) is 10.2. The summed E-state index contributed by atoms with van der Waals surface area (Å²) in [5.41, 5.74) is 2.60. The molecule has 0 bridgehead atoms. The van der Waals surface area contributed by atoms with Gasteiger partial charge in [-0.3, -0.25) is 0 Å². The molecule has 0 N–H and O–H groups in total. The normalized spacial score (nSPS) is 19.1. The van der Waals surface area contributed by atoms with Gasteiger partial charge < -0.3 is 19.1 Å². The Hall–Kier alpha value is -1.33. The minimum absolute atomic E-state index is 0.268. The van der Waals surface area contributed by atoms with Crippen molar-refractivity contribution in [1.82, 2.24) is 4.98 Å². The predicted octanol–water partition coefficient (Wildman–Crippen LogP) is 2.77. The quantitative estimate of drug-likeness (QED) is 0.558. The highest BCUT2D eigenvalue weighted by atomic mass is 32.2. The maximum atomic E-state index is 9.84. The van der Waals surface area contributed by atoms with Crippen molar-refractivity contribution in [3.8, 4) is 6.07 Å². The van der Waals surface area contributed by atoms with Gasteiger partial charge in [-0.05, 0) is 26.3 Å². The van der Waals surface area contributed by atoms with Crippen molar-refractivity contribution in [2.24, 2.45) is 0 Å². The number of aromatic nitrogens is 1. The second-order valence-electron chi connectivity index (χ2n) is 7.05. The lowest BCUT2D eigenvalue weighted by molar-refractivity contribution is -0.0402. The summed E-state index contributed by atoms with van der Waals surface area (Å²) in [5, 5.41) is 10.6. The third-order valence-corrected chi connectivity index (χ3v) is 5.60. The van der Waals surface area contributed by atoms with Crippen LogP contribution < -0.4 is 4.90 Å². The molecule has 1 fully saturated rings. The maximum Gasteiger partial charge on any atom is 0.135 e. The number of hydrogen-bond donors (Lipinski definition) is 0. The lowest BCUT2D eigenvalue weighted by Gasteiger charge is -2.36. The highest BCUT2D eigenvalue weighted by molar-refractivity contribution is 7.99. The molecule has 2 aliphatic rings. The number of fused-ring (bicyclic) bond motifs is 1. The molecule has 3 rings (SSSR count). The Labute approximate surface area is 159 Å². The van der Waals surface area contributed by atoms with E-state index in [-0.39, 0.29) is 5.60 Å². The van der Waals surface area contributed by atoms with E-state index in [4.69, 9.17) is 19.2 Å². The molecule has 0 aliphatic carbocycles. The Morgan fingerprint density at radius 3 is 2.77 bits per heavy atom. The maximum absolute atomic E-state index is 9.84. The molecule has 6 nitrogen and oxygen atoms in total. The van der Waals surface area contributed by atoms with E-state index < -0.39 is 0 Å². The minimum Gasteiger partial charge on any atom is -0.381 e. The molecule has 0 unspecified atom stereocenters. The standard InChI is InChI=1S/C19H27N3O3S/c1-4-23-9-10-26-18-15(12-20)14-11-19(2,3)25-13-16(14)17(21-18)22-5-7-24-8-6-22/h4-11,13H2,1-3H3. The van der Waals surface area contributed by atoms with E-state index in [1.54, 1.807) is 11.8 Å². The third kappa shape index (κ3) is 4.32. The SMILES string of the molecule is CCOCCSc1nc(N2CCOCC2)c2c(c1C#N)CC(C)(C)OC2. The second kappa shape index (κ2) is 8.57. The smallest absolute Gasteiger partial charge is 0.135 e. The van der Waals surface area contributed by atoms with Gasteiger partial charge in [0, 0.05) is 37.4 Å². The fraction of sp³-hybridized carbons (Fsp3) is 0.684. The Balaban J connectivity index is 1.99.